The lowest BCUT2D eigenvalue weighted by atomic mass is 10.1. The molecular weight excluding hydrogens is 450 g/mol. The van der Waals surface area contributed by atoms with Gasteiger partial charge >= 0.3 is 0 Å². The van der Waals surface area contributed by atoms with E-state index in [0.29, 0.717) is 48.8 Å². The molecule has 0 unspecified atom stereocenters. The van der Waals surface area contributed by atoms with Gasteiger partial charge in [0.1, 0.15) is 11.9 Å². The van der Waals surface area contributed by atoms with Crippen LogP contribution < -0.4 is 9.62 Å². The third-order valence-electron chi connectivity index (χ3n) is 5.95. The molecule has 1 aliphatic rings. The number of amides is 1. The van der Waals surface area contributed by atoms with Crippen molar-refractivity contribution in [2.75, 3.05) is 35.8 Å². The number of nitriles is 1. The first-order valence-corrected chi connectivity index (χ1v) is 12.4. The Morgan fingerprint density at radius 3 is 2.35 bits per heavy atom. The molecule has 0 radical (unpaired) electrons. The molecular formula is C25H25N5O3S. The third kappa shape index (κ3) is 4.87. The number of aromatic nitrogens is 1. The lowest BCUT2D eigenvalue weighted by Crippen LogP contribution is -2.49. The van der Waals surface area contributed by atoms with Crippen LogP contribution in [0.3, 0.4) is 0 Å². The maximum Gasteiger partial charge on any atom is 0.261 e. The zero-order chi connectivity index (χ0) is 24.3. The van der Waals surface area contributed by atoms with Gasteiger partial charge in [-0.1, -0.05) is 6.07 Å². The monoisotopic (exact) mass is 475 g/mol. The van der Waals surface area contributed by atoms with Crippen LogP contribution in [0.5, 0.6) is 0 Å². The molecule has 4 rings (SSSR count). The van der Waals surface area contributed by atoms with E-state index in [1.165, 1.54) is 0 Å². The maximum atomic E-state index is 13.0. The summed E-state index contributed by atoms with van der Waals surface area (Å²) < 4.78 is 28.0. The number of piperazine rings is 1. The van der Waals surface area contributed by atoms with E-state index in [0.717, 1.165) is 11.1 Å². The van der Waals surface area contributed by atoms with Gasteiger partial charge in [0.2, 0.25) is 0 Å². The standard InChI is InChI=1S/C25H25N5O3S/c1-18-5-10-23(16-19(18)2)34(32,33)28-22-8-6-20(7-9-22)25(31)30-14-12-29(13-15-30)24-21(17-26)4-3-11-27-24/h3-11,16,28H,12-15H2,1-2H3. The summed E-state index contributed by atoms with van der Waals surface area (Å²) >= 11 is 0. The highest BCUT2D eigenvalue weighted by atomic mass is 32.2. The number of benzene rings is 2. The minimum Gasteiger partial charge on any atom is -0.352 e. The number of anilines is 2. The van der Waals surface area contributed by atoms with Gasteiger partial charge in [0, 0.05) is 43.6 Å². The minimum absolute atomic E-state index is 0.121. The number of rotatable bonds is 5. The number of sulfonamides is 1. The van der Waals surface area contributed by atoms with Gasteiger partial charge in [-0.15, -0.1) is 0 Å². The number of carbonyl (C=O) groups is 1. The molecule has 0 aliphatic carbocycles. The average Bonchev–Trinajstić information content (AvgIpc) is 2.85. The van der Waals surface area contributed by atoms with Gasteiger partial charge in [0.25, 0.3) is 15.9 Å². The largest absolute Gasteiger partial charge is 0.352 e. The molecule has 1 saturated heterocycles. The summed E-state index contributed by atoms with van der Waals surface area (Å²) in [5, 5.41) is 9.29. The first kappa shape index (κ1) is 23.3. The van der Waals surface area contributed by atoms with Crippen LogP contribution >= 0.6 is 0 Å². The lowest BCUT2D eigenvalue weighted by Gasteiger charge is -2.35. The lowest BCUT2D eigenvalue weighted by molar-refractivity contribution is 0.0746. The van der Waals surface area contributed by atoms with Crippen molar-refractivity contribution in [3.05, 3.63) is 83.0 Å². The second-order valence-corrected chi connectivity index (χ2v) is 9.88. The smallest absolute Gasteiger partial charge is 0.261 e. The molecule has 1 aromatic heterocycles. The van der Waals surface area contributed by atoms with Gasteiger partial charge in [-0.3, -0.25) is 9.52 Å². The van der Waals surface area contributed by atoms with Crippen LogP contribution in [0.1, 0.15) is 27.0 Å². The van der Waals surface area contributed by atoms with E-state index in [2.05, 4.69) is 15.8 Å². The van der Waals surface area contributed by atoms with Gasteiger partial charge in [-0.2, -0.15) is 5.26 Å². The van der Waals surface area contributed by atoms with Gasteiger partial charge in [0.15, 0.2) is 0 Å². The molecule has 1 fully saturated rings. The van der Waals surface area contributed by atoms with Crippen molar-refractivity contribution in [2.24, 2.45) is 0 Å². The van der Waals surface area contributed by atoms with Crippen LogP contribution in [-0.4, -0.2) is 50.4 Å². The predicted molar refractivity (Wildman–Crippen MR) is 130 cm³/mol. The number of hydrogen-bond donors (Lipinski definition) is 1. The van der Waals surface area contributed by atoms with Crippen LogP contribution in [0.15, 0.2) is 65.7 Å². The van der Waals surface area contributed by atoms with Crippen molar-refractivity contribution in [1.82, 2.24) is 9.88 Å². The van der Waals surface area contributed by atoms with Crippen LogP contribution in [0.25, 0.3) is 0 Å². The van der Waals surface area contributed by atoms with Crippen molar-refractivity contribution in [3.63, 3.8) is 0 Å². The summed E-state index contributed by atoms with van der Waals surface area (Å²) in [5.41, 5.74) is 3.31. The molecule has 0 atom stereocenters. The number of hydrogen-bond acceptors (Lipinski definition) is 6. The Morgan fingerprint density at radius 1 is 1.00 bits per heavy atom. The number of carbonyl (C=O) groups excluding carboxylic acids is 1. The number of pyridine rings is 1. The van der Waals surface area contributed by atoms with Crippen molar-refractivity contribution in [1.29, 1.82) is 5.26 Å². The first-order valence-electron chi connectivity index (χ1n) is 10.9. The molecule has 0 spiro atoms. The highest BCUT2D eigenvalue weighted by Crippen LogP contribution is 2.21. The van der Waals surface area contributed by atoms with E-state index < -0.39 is 10.0 Å². The second kappa shape index (κ2) is 9.53. The van der Waals surface area contributed by atoms with Crippen LogP contribution in [0.2, 0.25) is 0 Å². The first-order chi connectivity index (χ1) is 16.3. The maximum absolute atomic E-state index is 13.0. The zero-order valence-corrected chi connectivity index (χ0v) is 19.8. The van der Waals surface area contributed by atoms with Gasteiger partial charge in [-0.05, 0) is 73.5 Å². The highest BCUT2D eigenvalue weighted by Gasteiger charge is 2.24. The Morgan fingerprint density at radius 2 is 1.71 bits per heavy atom. The third-order valence-corrected chi connectivity index (χ3v) is 7.33. The Hall–Kier alpha value is -3.90. The SMILES string of the molecule is Cc1ccc(S(=O)(=O)Nc2ccc(C(=O)N3CCN(c4ncccc4C#N)CC3)cc2)cc1C. The molecule has 1 amide bonds. The molecule has 1 N–H and O–H groups in total. The van der Waals surface area contributed by atoms with E-state index in [1.807, 2.05) is 18.7 Å². The van der Waals surface area contributed by atoms with E-state index in [9.17, 15) is 18.5 Å². The topological polar surface area (TPSA) is 106 Å². The quantitative estimate of drug-likeness (QED) is 0.607. The van der Waals surface area contributed by atoms with Gasteiger partial charge < -0.3 is 9.80 Å². The van der Waals surface area contributed by atoms with E-state index in [4.69, 9.17) is 0 Å². The predicted octanol–water partition coefficient (Wildman–Crippen LogP) is 3.33. The normalized spacial score (nSPS) is 13.9. The highest BCUT2D eigenvalue weighted by molar-refractivity contribution is 7.92. The Kier molecular flexibility index (Phi) is 6.52. The van der Waals surface area contributed by atoms with Crippen molar-refractivity contribution in [2.45, 2.75) is 18.7 Å². The Balaban J connectivity index is 1.40. The second-order valence-electron chi connectivity index (χ2n) is 8.19. The van der Waals surface area contributed by atoms with Crippen LogP contribution in [-0.2, 0) is 10.0 Å². The summed E-state index contributed by atoms with van der Waals surface area (Å²) in [6.07, 6.45) is 1.66. The van der Waals surface area contributed by atoms with E-state index >= 15 is 0 Å². The molecule has 0 bridgehead atoms. The van der Waals surface area contributed by atoms with Gasteiger partial charge in [-0.25, -0.2) is 13.4 Å². The Bertz CT molecular complexity index is 1360. The number of nitrogens with zero attached hydrogens (tertiary/aromatic N) is 4. The fourth-order valence-electron chi connectivity index (χ4n) is 3.82. The molecule has 8 nitrogen and oxygen atoms in total. The molecule has 2 heterocycles. The van der Waals surface area contributed by atoms with E-state index in [-0.39, 0.29) is 10.8 Å². The zero-order valence-electron chi connectivity index (χ0n) is 19.0. The Labute approximate surface area is 199 Å². The summed E-state index contributed by atoms with van der Waals surface area (Å²) in [6.45, 7) is 5.95. The molecule has 2 aromatic carbocycles. The van der Waals surface area contributed by atoms with Crippen LogP contribution in [0.4, 0.5) is 11.5 Å². The fraction of sp³-hybridized carbons (Fsp3) is 0.240. The molecule has 0 saturated carbocycles. The summed E-state index contributed by atoms with van der Waals surface area (Å²) in [6, 6.07) is 17.0. The summed E-state index contributed by atoms with van der Waals surface area (Å²) in [5.74, 6) is 0.516. The van der Waals surface area contributed by atoms with Crippen molar-refractivity contribution >= 4 is 27.4 Å². The van der Waals surface area contributed by atoms with Crippen molar-refractivity contribution < 1.29 is 13.2 Å². The molecule has 3 aromatic rings. The average molecular weight is 476 g/mol. The van der Waals surface area contributed by atoms with Crippen LogP contribution in [0, 0.1) is 25.2 Å². The number of aryl methyl sites for hydroxylation is 2. The number of nitrogens with one attached hydrogen (secondary N) is 1. The summed E-state index contributed by atoms with van der Waals surface area (Å²) in [4.78, 5) is 21.2. The fourth-order valence-corrected chi connectivity index (χ4v) is 4.96. The molecule has 9 heteroatoms. The van der Waals surface area contributed by atoms with Crippen molar-refractivity contribution in [3.8, 4) is 6.07 Å². The summed E-state index contributed by atoms with van der Waals surface area (Å²) in [7, 11) is -3.72. The molecule has 174 valence electrons. The molecule has 1 aliphatic heterocycles. The van der Waals surface area contributed by atoms with Gasteiger partial charge in [0.05, 0.1) is 10.5 Å². The minimum atomic E-state index is -3.72. The van der Waals surface area contributed by atoms with E-state index in [1.54, 1.807) is 65.7 Å². The molecule has 34 heavy (non-hydrogen) atoms.